The van der Waals surface area contributed by atoms with Crippen LogP contribution in [-0.4, -0.2) is 41.2 Å². The SMILES string of the molecule is [B]C1O[C@H](COP(=O)(O)OP(=O)(O)O)C[C@@H]1C. The van der Waals surface area contributed by atoms with Gasteiger partial charge in [0.15, 0.2) is 0 Å². The van der Waals surface area contributed by atoms with Crippen LogP contribution in [-0.2, 0) is 22.7 Å². The fraction of sp³-hybridized carbons (Fsp3) is 1.00. The second kappa shape index (κ2) is 5.51. The molecule has 1 heterocycles. The van der Waals surface area contributed by atoms with Crippen LogP contribution in [0.3, 0.4) is 0 Å². The number of rotatable bonds is 5. The van der Waals surface area contributed by atoms with Gasteiger partial charge in [-0.2, -0.15) is 4.31 Å². The minimum Gasteiger partial charge on any atom is -0.382 e. The number of phosphoric ester groups is 1. The highest BCUT2D eigenvalue weighted by Gasteiger charge is 2.35. The molecule has 0 saturated carbocycles. The van der Waals surface area contributed by atoms with Crippen molar-refractivity contribution in [1.29, 1.82) is 0 Å². The molecule has 17 heavy (non-hydrogen) atoms. The number of ether oxygens (including phenoxy) is 1. The lowest BCUT2D eigenvalue weighted by Gasteiger charge is -2.15. The van der Waals surface area contributed by atoms with Crippen molar-refractivity contribution in [2.24, 2.45) is 5.92 Å². The Kier molecular flexibility index (Phi) is 4.97. The van der Waals surface area contributed by atoms with Gasteiger partial charge in [-0.25, -0.2) is 9.13 Å². The van der Waals surface area contributed by atoms with E-state index < -0.39 is 27.8 Å². The van der Waals surface area contributed by atoms with Gasteiger partial charge in [0.1, 0.15) is 7.85 Å². The van der Waals surface area contributed by atoms with Crippen molar-refractivity contribution < 1.29 is 37.4 Å². The average Bonchev–Trinajstić information content (AvgIpc) is 2.39. The van der Waals surface area contributed by atoms with Crippen LogP contribution in [0.4, 0.5) is 0 Å². The fourth-order valence-electron chi connectivity index (χ4n) is 1.40. The smallest absolute Gasteiger partial charge is 0.382 e. The first-order valence-electron chi connectivity index (χ1n) is 4.74. The number of hydrogen-bond donors (Lipinski definition) is 3. The van der Waals surface area contributed by atoms with Gasteiger partial charge in [0.25, 0.3) is 0 Å². The van der Waals surface area contributed by atoms with Crippen LogP contribution in [0.15, 0.2) is 0 Å². The molecule has 0 aliphatic carbocycles. The van der Waals surface area contributed by atoms with E-state index in [1.54, 1.807) is 0 Å². The largest absolute Gasteiger partial charge is 0.481 e. The summed E-state index contributed by atoms with van der Waals surface area (Å²) in [5.74, 6) is 0.0735. The summed E-state index contributed by atoms with van der Waals surface area (Å²) in [5.41, 5.74) is 0. The molecule has 0 aromatic rings. The summed E-state index contributed by atoms with van der Waals surface area (Å²) in [4.78, 5) is 25.7. The topological polar surface area (TPSA) is 123 Å². The molecular weight excluding hydrogens is 273 g/mol. The summed E-state index contributed by atoms with van der Waals surface area (Å²) in [6.07, 6.45) is 0.0257. The Morgan fingerprint density at radius 3 is 2.41 bits per heavy atom. The minimum absolute atomic E-state index is 0.0735. The van der Waals surface area contributed by atoms with Gasteiger partial charge < -0.3 is 19.4 Å². The average molecular weight is 286 g/mol. The fourth-order valence-corrected chi connectivity index (χ4v) is 3.02. The Morgan fingerprint density at radius 1 is 1.41 bits per heavy atom. The second-order valence-electron chi connectivity index (χ2n) is 3.77. The Hall–Kier alpha value is 0.285. The molecule has 1 fully saturated rings. The van der Waals surface area contributed by atoms with E-state index in [-0.39, 0.29) is 12.5 Å². The zero-order valence-electron chi connectivity index (χ0n) is 9.00. The van der Waals surface area contributed by atoms with Crippen molar-refractivity contribution in [3.8, 4) is 0 Å². The van der Waals surface area contributed by atoms with E-state index in [1.165, 1.54) is 0 Å². The lowest BCUT2D eigenvalue weighted by molar-refractivity contribution is 0.0376. The predicted molar refractivity (Wildman–Crippen MR) is 57.1 cm³/mol. The number of hydrogen-bond acceptors (Lipinski definition) is 5. The zero-order valence-corrected chi connectivity index (χ0v) is 10.8. The van der Waals surface area contributed by atoms with Crippen LogP contribution in [0.1, 0.15) is 13.3 Å². The summed E-state index contributed by atoms with van der Waals surface area (Å²) in [5, 5.41) is 0. The normalized spacial score (nSPS) is 33.5. The minimum atomic E-state index is -5.08. The summed E-state index contributed by atoms with van der Waals surface area (Å²) < 4.78 is 34.6. The molecular formula is C6H13BO8P2. The highest BCUT2D eigenvalue weighted by atomic mass is 31.3. The van der Waals surface area contributed by atoms with E-state index >= 15 is 0 Å². The van der Waals surface area contributed by atoms with Crippen molar-refractivity contribution in [2.45, 2.75) is 25.5 Å². The monoisotopic (exact) mass is 286 g/mol. The van der Waals surface area contributed by atoms with E-state index in [0.29, 0.717) is 6.42 Å². The third-order valence-corrected chi connectivity index (χ3v) is 4.33. The van der Waals surface area contributed by atoms with Gasteiger partial charge in [-0.1, -0.05) is 6.92 Å². The van der Waals surface area contributed by atoms with Gasteiger partial charge in [0, 0.05) is 6.00 Å². The third kappa shape index (κ3) is 5.63. The molecule has 0 amide bonds. The van der Waals surface area contributed by atoms with Gasteiger partial charge in [-0.05, 0) is 12.3 Å². The Morgan fingerprint density at radius 2 is 2.00 bits per heavy atom. The summed E-state index contributed by atoms with van der Waals surface area (Å²) in [6, 6.07) is -0.482. The zero-order chi connectivity index (χ0) is 13.3. The standard InChI is InChI=1S/C6H13BO8P2/c1-4-2-5(14-6(4)7)3-13-17(11,12)15-16(8,9)10/h4-6H,2-3H2,1H3,(H,11,12)(H2,8,9,10)/t4-,5-,6?/m0/s1. The third-order valence-electron chi connectivity index (χ3n) is 2.18. The molecule has 4 atom stereocenters. The first kappa shape index (κ1) is 15.3. The lowest BCUT2D eigenvalue weighted by Crippen LogP contribution is -2.17. The van der Waals surface area contributed by atoms with Crippen molar-refractivity contribution >= 4 is 23.5 Å². The Bertz CT molecular complexity index is 346. The van der Waals surface area contributed by atoms with Crippen molar-refractivity contribution in [3.63, 3.8) is 0 Å². The number of phosphoric acid groups is 2. The van der Waals surface area contributed by atoms with Crippen molar-refractivity contribution in [1.82, 2.24) is 0 Å². The maximum Gasteiger partial charge on any atom is 0.481 e. The summed E-state index contributed by atoms with van der Waals surface area (Å²) in [6.45, 7) is 1.52. The molecule has 11 heteroatoms. The molecule has 3 N–H and O–H groups in total. The highest BCUT2D eigenvalue weighted by Crippen LogP contribution is 2.57. The summed E-state index contributed by atoms with van der Waals surface area (Å²) >= 11 is 0. The highest BCUT2D eigenvalue weighted by molar-refractivity contribution is 7.60. The van der Waals surface area contributed by atoms with Gasteiger partial charge in [-0.15, -0.1) is 0 Å². The van der Waals surface area contributed by atoms with Crippen molar-refractivity contribution in [2.75, 3.05) is 6.61 Å². The van der Waals surface area contributed by atoms with Crippen LogP contribution in [0, 0.1) is 5.92 Å². The maximum absolute atomic E-state index is 11.1. The molecule has 1 saturated heterocycles. The lowest BCUT2D eigenvalue weighted by atomic mass is 9.88. The van der Waals surface area contributed by atoms with Crippen LogP contribution in [0.2, 0.25) is 0 Å². The summed E-state index contributed by atoms with van der Waals surface area (Å²) in [7, 11) is -4.32. The predicted octanol–water partition coefficient (Wildman–Crippen LogP) is 0.132. The Balaban J connectivity index is 2.41. The molecule has 2 radical (unpaired) electrons. The second-order valence-corrected chi connectivity index (χ2v) is 6.60. The van der Waals surface area contributed by atoms with E-state index in [4.69, 9.17) is 27.3 Å². The van der Waals surface area contributed by atoms with Gasteiger partial charge in [0.2, 0.25) is 0 Å². The van der Waals surface area contributed by atoms with E-state index in [2.05, 4.69) is 8.83 Å². The van der Waals surface area contributed by atoms with Crippen LogP contribution in [0.5, 0.6) is 0 Å². The molecule has 1 aliphatic heterocycles. The molecule has 0 spiro atoms. The first-order valence-corrected chi connectivity index (χ1v) is 7.77. The first-order chi connectivity index (χ1) is 7.59. The van der Waals surface area contributed by atoms with Crippen LogP contribution >= 0.6 is 15.6 Å². The van der Waals surface area contributed by atoms with E-state index in [0.717, 1.165) is 0 Å². The van der Waals surface area contributed by atoms with Crippen LogP contribution < -0.4 is 0 Å². The van der Waals surface area contributed by atoms with E-state index in [9.17, 15) is 9.13 Å². The van der Waals surface area contributed by atoms with Gasteiger partial charge >= 0.3 is 15.6 Å². The quantitative estimate of drug-likeness (QED) is 0.481. The van der Waals surface area contributed by atoms with Crippen molar-refractivity contribution in [3.05, 3.63) is 0 Å². The molecule has 0 aromatic heterocycles. The maximum atomic E-state index is 11.1. The molecule has 1 aliphatic rings. The molecule has 0 bridgehead atoms. The molecule has 1 rings (SSSR count). The van der Waals surface area contributed by atoms with Crippen LogP contribution in [0.25, 0.3) is 0 Å². The van der Waals surface area contributed by atoms with Gasteiger partial charge in [0.05, 0.1) is 12.7 Å². The Labute approximate surface area is 99.5 Å². The van der Waals surface area contributed by atoms with Gasteiger partial charge in [-0.3, -0.25) is 4.52 Å². The van der Waals surface area contributed by atoms with E-state index in [1.807, 2.05) is 6.92 Å². The molecule has 0 aromatic carbocycles. The molecule has 2 unspecified atom stereocenters. The molecule has 98 valence electrons. The molecule has 8 nitrogen and oxygen atoms in total.